The monoisotopic (exact) mass is 401 g/mol. The highest BCUT2D eigenvalue weighted by molar-refractivity contribution is 14.1. The second kappa shape index (κ2) is 6.56. The van der Waals surface area contributed by atoms with Crippen molar-refractivity contribution >= 4 is 46.2 Å². The molecule has 0 bridgehead atoms. The summed E-state index contributed by atoms with van der Waals surface area (Å²) in [5.74, 6) is 1.66. The molecular weight excluding hydrogens is 381 g/mol. The van der Waals surface area contributed by atoms with Crippen molar-refractivity contribution in [2.75, 3.05) is 5.32 Å². The molecule has 108 valence electrons. The lowest BCUT2D eigenvalue weighted by Gasteiger charge is -2.27. The minimum Gasteiger partial charge on any atom is -0.325 e. The van der Waals surface area contributed by atoms with Gasteiger partial charge in [-0.25, -0.2) is 4.99 Å². The fourth-order valence-corrected chi connectivity index (χ4v) is 4.35. The summed E-state index contributed by atoms with van der Waals surface area (Å²) in [7, 11) is 0. The number of fused-ring (bicyclic) bond motifs is 1. The average Bonchev–Trinajstić information content (AvgIpc) is 2.48. The number of aliphatic imine (C=N–C) groups is 1. The van der Waals surface area contributed by atoms with Crippen LogP contribution in [0.5, 0.6) is 0 Å². The van der Waals surface area contributed by atoms with E-state index in [1.54, 1.807) is 11.9 Å². The van der Waals surface area contributed by atoms with Crippen LogP contribution in [0.25, 0.3) is 0 Å². The zero-order valence-electron chi connectivity index (χ0n) is 11.7. The van der Waals surface area contributed by atoms with E-state index < -0.39 is 0 Å². The molecular formula is C15H20IN3S. The first-order valence-corrected chi connectivity index (χ1v) is 9.19. The van der Waals surface area contributed by atoms with Gasteiger partial charge >= 0.3 is 0 Å². The number of benzene rings is 1. The Morgan fingerprint density at radius 3 is 2.90 bits per heavy atom. The first-order chi connectivity index (χ1) is 9.72. The van der Waals surface area contributed by atoms with Crippen LogP contribution in [0.15, 0.2) is 28.1 Å². The third kappa shape index (κ3) is 3.42. The molecule has 0 aromatic heterocycles. The van der Waals surface area contributed by atoms with Crippen LogP contribution in [0.2, 0.25) is 0 Å². The summed E-state index contributed by atoms with van der Waals surface area (Å²) in [6.07, 6.45) is 6.81. The van der Waals surface area contributed by atoms with Crippen LogP contribution in [0, 0.1) is 9.49 Å². The summed E-state index contributed by atoms with van der Waals surface area (Å²) in [5, 5.41) is 3.41. The molecule has 3 nitrogen and oxygen atoms in total. The van der Waals surface area contributed by atoms with Crippen molar-refractivity contribution in [1.82, 2.24) is 4.72 Å². The zero-order valence-corrected chi connectivity index (χ0v) is 14.6. The Labute approximate surface area is 138 Å². The second-order valence-electron chi connectivity index (χ2n) is 5.59. The zero-order chi connectivity index (χ0) is 13.9. The Kier molecular flexibility index (Phi) is 4.75. The molecule has 5 heteroatoms. The van der Waals surface area contributed by atoms with E-state index in [4.69, 9.17) is 4.99 Å². The standard InChI is InChI=1S/C15H20IN3S/c1-10(11-5-3-2-4-6-11)17-15-18-13-8-7-12(16)9-14(13)20-19-15/h7-11H,2-6H2,1H3,(H2,17,18,19)/t10-/m0/s1. The van der Waals surface area contributed by atoms with Crippen LogP contribution in [0.3, 0.4) is 0 Å². The quantitative estimate of drug-likeness (QED) is 0.560. The molecule has 1 aromatic carbocycles. The minimum absolute atomic E-state index is 0.399. The molecule has 0 spiro atoms. The Morgan fingerprint density at radius 1 is 1.30 bits per heavy atom. The number of anilines is 1. The van der Waals surface area contributed by atoms with Crippen LogP contribution in [0.4, 0.5) is 5.69 Å². The van der Waals surface area contributed by atoms with Gasteiger partial charge in [-0.15, -0.1) is 0 Å². The Balaban J connectivity index is 1.69. The van der Waals surface area contributed by atoms with Crippen LogP contribution in [-0.2, 0) is 0 Å². The first kappa shape index (κ1) is 14.5. The highest BCUT2D eigenvalue weighted by Crippen LogP contribution is 2.31. The molecule has 2 N–H and O–H groups in total. The molecule has 3 rings (SSSR count). The SMILES string of the molecule is C[C@H](N=C1NSc2cc(I)ccc2N1)C1CCCCC1. The van der Waals surface area contributed by atoms with Crippen LogP contribution in [-0.4, -0.2) is 12.0 Å². The van der Waals surface area contributed by atoms with E-state index >= 15 is 0 Å². The van der Waals surface area contributed by atoms with Crippen molar-refractivity contribution in [1.29, 1.82) is 0 Å². The van der Waals surface area contributed by atoms with Crippen molar-refractivity contribution in [2.24, 2.45) is 10.9 Å². The van der Waals surface area contributed by atoms with E-state index in [0.29, 0.717) is 6.04 Å². The molecule has 1 aliphatic carbocycles. The second-order valence-corrected chi connectivity index (χ2v) is 7.68. The van der Waals surface area contributed by atoms with Gasteiger partial charge in [0.25, 0.3) is 0 Å². The average molecular weight is 401 g/mol. The normalized spacial score (nSPS) is 22.8. The molecule has 0 radical (unpaired) electrons. The molecule has 1 aliphatic heterocycles. The van der Waals surface area contributed by atoms with E-state index in [2.05, 4.69) is 57.8 Å². The van der Waals surface area contributed by atoms with Crippen LogP contribution < -0.4 is 10.0 Å². The van der Waals surface area contributed by atoms with Gasteiger partial charge in [0.05, 0.1) is 16.6 Å². The van der Waals surface area contributed by atoms with Gasteiger partial charge in [0.2, 0.25) is 5.96 Å². The van der Waals surface area contributed by atoms with Crippen LogP contribution >= 0.6 is 34.5 Å². The molecule has 1 saturated carbocycles. The number of hydrogen-bond acceptors (Lipinski definition) is 2. The maximum Gasteiger partial charge on any atom is 0.206 e. The maximum absolute atomic E-state index is 4.85. The van der Waals surface area contributed by atoms with E-state index in [9.17, 15) is 0 Å². The van der Waals surface area contributed by atoms with Gasteiger partial charge in [-0.1, -0.05) is 19.3 Å². The molecule has 0 unspecified atom stereocenters. The van der Waals surface area contributed by atoms with Gasteiger partial charge in [0, 0.05) is 3.57 Å². The van der Waals surface area contributed by atoms with E-state index in [1.165, 1.54) is 40.6 Å². The van der Waals surface area contributed by atoms with Gasteiger partial charge in [-0.3, -0.25) is 4.72 Å². The Bertz CT molecular complexity index is 512. The lowest BCUT2D eigenvalue weighted by molar-refractivity contribution is 0.317. The van der Waals surface area contributed by atoms with E-state index in [-0.39, 0.29) is 0 Å². The lowest BCUT2D eigenvalue weighted by Crippen LogP contribution is -2.32. The Morgan fingerprint density at radius 2 is 2.10 bits per heavy atom. The number of nitrogens with one attached hydrogen (secondary N) is 2. The summed E-state index contributed by atoms with van der Waals surface area (Å²) < 4.78 is 4.58. The predicted molar refractivity (Wildman–Crippen MR) is 95.2 cm³/mol. The lowest BCUT2D eigenvalue weighted by atomic mass is 9.85. The fourth-order valence-electron chi connectivity index (χ4n) is 2.92. The largest absolute Gasteiger partial charge is 0.325 e. The van der Waals surface area contributed by atoms with Crippen molar-refractivity contribution in [2.45, 2.75) is 50.0 Å². The highest BCUT2D eigenvalue weighted by atomic mass is 127. The van der Waals surface area contributed by atoms with Crippen molar-refractivity contribution in [3.8, 4) is 0 Å². The summed E-state index contributed by atoms with van der Waals surface area (Å²) >= 11 is 3.99. The molecule has 20 heavy (non-hydrogen) atoms. The maximum atomic E-state index is 4.85. The smallest absolute Gasteiger partial charge is 0.206 e. The van der Waals surface area contributed by atoms with Crippen molar-refractivity contribution in [3.63, 3.8) is 0 Å². The molecule has 0 amide bonds. The van der Waals surface area contributed by atoms with Crippen LogP contribution in [0.1, 0.15) is 39.0 Å². The highest BCUT2D eigenvalue weighted by Gasteiger charge is 2.21. The van der Waals surface area contributed by atoms with Gasteiger partial charge in [0.1, 0.15) is 0 Å². The molecule has 1 fully saturated rings. The van der Waals surface area contributed by atoms with Gasteiger partial charge < -0.3 is 5.32 Å². The van der Waals surface area contributed by atoms with Gasteiger partial charge in [0.15, 0.2) is 0 Å². The number of rotatable bonds is 2. The van der Waals surface area contributed by atoms with E-state index in [0.717, 1.165) is 17.6 Å². The third-order valence-electron chi connectivity index (χ3n) is 4.12. The first-order valence-electron chi connectivity index (χ1n) is 7.29. The molecule has 0 saturated heterocycles. The number of hydrogen-bond donors (Lipinski definition) is 2. The topological polar surface area (TPSA) is 36.4 Å². The molecule has 1 atom stereocenters. The summed E-state index contributed by atoms with van der Waals surface area (Å²) in [5.41, 5.74) is 1.16. The third-order valence-corrected chi connectivity index (χ3v) is 5.64. The summed E-state index contributed by atoms with van der Waals surface area (Å²) in [6, 6.07) is 6.84. The number of halogens is 1. The fraction of sp³-hybridized carbons (Fsp3) is 0.533. The minimum atomic E-state index is 0.399. The molecule has 1 aromatic rings. The molecule has 1 heterocycles. The molecule has 2 aliphatic rings. The van der Waals surface area contributed by atoms with Crippen molar-refractivity contribution < 1.29 is 0 Å². The predicted octanol–water partition coefficient (Wildman–Crippen LogP) is 4.64. The summed E-state index contributed by atoms with van der Waals surface area (Å²) in [4.78, 5) is 6.09. The van der Waals surface area contributed by atoms with Gasteiger partial charge in [-0.05, 0) is 78.4 Å². The Hall–Kier alpha value is -0.430. The van der Waals surface area contributed by atoms with Gasteiger partial charge in [-0.2, -0.15) is 0 Å². The van der Waals surface area contributed by atoms with E-state index in [1.807, 2.05) is 0 Å². The number of guanidine groups is 1. The number of nitrogens with zero attached hydrogens (tertiary/aromatic N) is 1. The summed E-state index contributed by atoms with van der Waals surface area (Å²) in [6.45, 7) is 2.25. The van der Waals surface area contributed by atoms with Crippen molar-refractivity contribution in [3.05, 3.63) is 21.8 Å².